The highest BCUT2D eigenvalue weighted by molar-refractivity contribution is 6.07. The van der Waals surface area contributed by atoms with Gasteiger partial charge in [-0.3, -0.25) is 4.98 Å². The van der Waals surface area contributed by atoms with E-state index in [1.807, 2.05) is 6.20 Å². The highest BCUT2D eigenvalue weighted by Gasteiger charge is 2.24. The second kappa shape index (κ2) is 10.2. The van der Waals surface area contributed by atoms with E-state index in [-0.39, 0.29) is 6.04 Å². The Morgan fingerprint density at radius 3 is 2.50 bits per heavy atom. The second-order valence-corrected chi connectivity index (χ2v) is 10.1. The number of para-hydroxylation sites is 2. The van der Waals surface area contributed by atoms with Gasteiger partial charge in [-0.05, 0) is 42.2 Å². The number of nitrogens with zero attached hydrogens (tertiary/aromatic N) is 2. The standard InChI is InChI=1S/C35H32N2O/c1-4-11-26-13-9-15-29-30-16-10-17-31(35(30)38-34(26)29)33-18-7-8-21-37(33)25(3)22-27-12-5-6-14-28(27)32-20-19-24(2)23-36-32/h5-10,12-21,23,33H,3-4,11,22H2,1-2H3. The molecule has 0 fully saturated rings. The minimum atomic E-state index is -0.00366. The molecule has 0 saturated carbocycles. The minimum Gasteiger partial charge on any atom is -0.455 e. The largest absolute Gasteiger partial charge is 0.455 e. The maximum absolute atomic E-state index is 6.63. The molecule has 3 nitrogen and oxygen atoms in total. The van der Waals surface area contributed by atoms with Crippen molar-refractivity contribution in [3.8, 4) is 11.3 Å². The van der Waals surface area contributed by atoms with E-state index in [1.165, 1.54) is 21.9 Å². The molecular weight excluding hydrogens is 464 g/mol. The molecular formula is C35H32N2O. The predicted molar refractivity (Wildman–Crippen MR) is 158 cm³/mol. The topological polar surface area (TPSA) is 29.3 Å². The lowest BCUT2D eigenvalue weighted by atomic mass is 9.96. The third kappa shape index (κ3) is 4.35. The van der Waals surface area contributed by atoms with Crippen molar-refractivity contribution in [2.24, 2.45) is 0 Å². The monoisotopic (exact) mass is 496 g/mol. The molecule has 1 unspecified atom stereocenters. The van der Waals surface area contributed by atoms with Crippen LogP contribution in [0.15, 0.2) is 120 Å². The number of hydrogen-bond donors (Lipinski definition) is 0. The van der Waals surface area contributed by atoms with Crippen molar-refractivity contribution in [1.82, 2.24) is 9.88 Å². The van der Waals surface area contributed by atoms with Gasteiger partial charge in [-0.15, -0.1) is 0 Å². The summed E-state index contributed by atoms with van der Waals surface area (Å²) >= 11 is 0. The molecule has 0 bridgehead atoms. The summed E-state index contributed by atoms with van der Waals surface area (Å²) in [6.45, 7) is 8.82. The zero-order chi connectivity index (χ0) is 26.1. The summed E-state index contributed by atoms with van der Waals surface area (Å²) in [5.74, 6) is 0. The summed E-state index contributed by atoms with van der Waals surface area (Å²) in [5, 5.41) is 2.35. The van der Waals surface area contributed by atoms with Crippen LogP contribution in [0.25, 0.3) is 33.2 Å². The van der Waals surface area contributed by atoms with Crippen LogP contribution in [-0.2, 0) is 12.8 Å². The second-order valence-electron chi connectivity index (χ2n) is 10.1. The molecule has 1 atom stereocenters. The minimum absolute atomic E-state index is 0.00366. The van der Waals surface area contributed by atoms with Crippen molar-refractivity contribution < 1.29 is 4.42 Å². The Balaban J connectivity index is 1.37. The number of allylic oxidation sites excluding steroid dienone is 3. The normalized spacial score (nSPS) is 15.0. The summed E-state index contributed by atoms with van der Waals surface area (Å²) in [7, 11) is 0. The first-order chi connectivity index (χ1) is 18.6. The van der Waals surface area contributed by atoms with Crippen LogP contribution in [0.1, 0.15) is 41.6 Å². The van der Waals surface area contributed by atoms with Crippen LogP contribution in [0.5, 0.6) is 0 Å². The molecule has 0 aliphatic carbocycles. The summed E-state index contributed by atoms with van der Waals surface area (Å²) in [5.41, 5.74) is 9.91. The summed E-state index contributed by atoms with van der Waals surface area (Å²) in [6.07, 6.45) is 13.3. The van der Waals surface area contributed by atoms with Gasteiger partial charge in [0.05, 0.1) is 11.7 Å². The van der Waals surface area contributed by atoms with Crippen LogP contribution in [0, 0.1) is 6.92 Å². The van der Waals surface area contributed by atoms with E-state index in [0.29, 0.717) is 0 Å². The Morgan fingerprint density at radius 1 is 0.895 bits per heavy atom. The SMILES string of the molecule is C=C(Cc1ccccc1-c1ccc(C)cn1)N1C=CC=CC1c1cccc2c1oc1c(CCC)cccc12. The van der Waals surface area contributed by atoms with Crippen LogP contribution in [0.4, 0.5) is 0 Å². The molecule has 0 radical (unpaired) electrons. The lowest BCUT2D eigenvalue weighted by Crippen LogP contribution is -2.24. The summed E-state index contributed by atoms with van der Waals surface area (Å²) in [4.78, 5) is 6.96. The molecule has 0 saturated heterocycles. The van der Waals surface area contributed by atoms with E-state index in [1.54, 1.807) is 0 Å². The third-order valence-corrected chi connectivity index (χ3v) is 7.39. The maximum Gasteiger partial charge on any atom is 0.141 e. The van der Waals surface area contributed by atoms with Gasteiger partial charge in [-0.25, -0.2) is 0 Å². The molecule has 5 aromatic rings. The smallest absolute Gasteiger partial charge is 0.141 e. The Labute approximate surface area is 224 Å². The van der Waals surface area contributed by atoms with Crippen molar-refractivity contribution in [3.63, 3.8) is 0 Å². The molecule has 3 heterocycles. The van der Waals surface area contributed by atoms with E-state index in [0.717, 1.165) is 58.5 Å². The van der Waals surface area contributed by atoms with Crippen LogP contribution in [0.3, 0.4) is 0 Å². The quantitative estimate of drug-likeness (QED) is 0.225. The Bertz CT molecular complexity index is 1690. The Morgan fingerprint density at radius 2 is 1.68 bits per heavy atom. The zero-order valence-corrected chi connectivity index (χ0v) is 22.0. The fourth-order valence-corrected chi connectivity index (χ4v) is 5.51. The first kappa shape index (κ1) is 24.0. The number of benzene rings is 3. The van der Waals surface area contributed by atoms with Crippen molar-refractivity contribution >= 4 is 21.9 Å². The number of hydrogen-bond acceptors (Lipinski definition) is 3. The van der Waals surface area contributed by atoms with Crippen LogP contribution in [0.2, 0.25) is 0 Å². The first-order valence-corrected chi connectivity index (χ1v) is 13.4. The van der Waals surface area contributed by atoms with Gasteiger partial charge < -0.3 is 9.32 Å². The molecule has 1 aliphatic rings. The summed E-state index contributed by atoms with van der Waals surface area (Å²) in [6, 6.07) is 25.7. The third-order valence-electron chi connectivity index (χ3n) is 7.39. The van der Waals surface area contributed by atoms with Crippen molar-refractivity contribution in [2.75, 3.05) is 0 Å². The molecule has 6 rings (SSSR count). The van der Waals surface area contributed by atoms with Gasteiger partial charge in [0.15, 0.2) is 0 Å². The summed E-state index contributed by atoms with van der Waals surface area (Å²) < 4.78 is 6.63. The van der Waals surface area contributed by atoms with E-state index < -0.39 is 0 Å². The molecule has 2 aromatic heterocycles. The van der Waals surface area contributed by atoms with Gasteiger partial charge >= 0.3 is 0 Å². The molecule has 1 aliphatic heterocycles. The van der Waals surface area contributed by atoms with E-state index in [4.69, 9.17) is 4.42 Å². The molecule has 3 heteroatoms. The van der Waals surface area contributed by atoms with Gasteiger partial charge in [-0.2, -0.15) is 0 Å². The number of aromatic nitrogens is 1. The highest BCUT2D eigenvalue weighted by atomic mass is 16.3. The van der Waals surface area contributed by atoms with Gasteiger partial charge in [-0.1, -0.05) is 98.8 Å². The average molecular weight is 497 g/mol. The van der Waals surface area contributed by atoms with Gasteiger partial charge in [0.1, 0.15) is 11.2 Å². The molecule has 3 aromatic carbocycles. The molecule has 0 amide bonds. The van der Waals surface area contributed by atoms with Gasteiger partial charge in [0, 0.05) is 46.4 Å². The molecule has 0 spiro atoms. The number of rotatable bonds is 7. The zero-order valence-electron chi connectivity index (χ0n) is 22.0. The van der Waals surface area contributed by atoms with E-state index >= 15 is 0 Å². The lowest BCUT2D eigenvalue weighted by Gasteiger charge is -2.32. The molecule has 0 N–H and O–H groups in total. The van der Waals surface area contributed by atoms with Gasteiger partial charge in [0.2, 0.25) is 0 Å². The van der Waals surface area contributed by atoms with Crippen LogP contribution >= 0.6 is 0 Å². The fourth-order valence-electron chi connectivity index (χ4n) is 5.51. The van der Waals surface area contributed by atoms with Crippen LogP contribution < -0.4 is 0 Å². The average Bonchev–Trinajstić information content (AvgIpc) is 3.34. The lowest BCUT2D eigenvalue weighted by molar-refractivity contribution is 0.391. The number of furan rings is 1. The highest BCUT2D eigenvalue weighted by Crippen LogP contribution is 2.39. The predicted octanol–water partition coefficient (Wildman–Crippen LogP) is 9.09. The fraction of sp³-hybridized carbons (Fsp3) is 0.171. The maximum atomic E-state index is 6.63. The number of aryl methyl sites for hydroxylation is 2. The van der Waals surface area contributed by atoms with Crippen molar-refractivity contribution in [2.45, 2.75) is 39.2 Å². The first-order valence-electron chi connectivity index (χ1n) is 13.4. The van der Waals surface area contributed by atoms with Crippen molar-refractivity contribution in [1.29, 1.82) is 0 Å². The van der Waals surface area contributed by atoms with Gasteiger partial charge in [0.25, 0.3) is 0 Å². The van der Waals surface area contributed by atoms with Crippen LogP contribution in [-0.4, -0.2) is 9.88 Å². The van der Waals surface area contributed by atoms with Crippen molar-refractivity contribution in [3.05, 3.63) is 138 Å². The number of fused-ring (bicyclic) bond motifs is 3. The Kier molecular flexibility index (Phi) is 6.43. The van der Waals surface area contributed by atoms with E-state index in [2.05, 4.69) is 128 Å². The Hall–Kier alpha value is -4.37. The molecule has 188 valence electrons. The number of pyridine rings is 1. The molecule has 38 heavy (non-hydrogen) atoms. The van der Waals surface area contributed by atoms with E-state index in [9.17, 15) is 0 Å².